The molecule has 60 valence electrons. The minimum Gasteiger partial charge on any atom is -0.367 e. The first-order valence-corrected chi connectivity index (χ1v) is 3.72. The third-order valence-electron chi connectivity index (χ3n) is 1.33. The summed E-state index contributed by atoms with van der Waals surface area (Å²) in [7, 11) is 4.03. The smallest absolute Gasteiger partial charge is 0.0952 e. The zero-order valence-corrected chi connectivity index (χ0v) is 7.68. The molecule has 0 aromatic rings. The first-order chi connectivity index (χ1) is 4.54. The summed E-state index contributed by atoms with van der Waals surface area (Å²) in [6, 6.07) is 0. The topological polar surface area (TPSA) is 15.6 Å². The van der Waals surface area contributed by atoms with E-state index in [0.717, 1.165) is 12.4 Å². The Labute approximate surface area is 63.9 Å². The van der Waals surface area contributed by atoms with Crippen LogP contribution in [0.5, 0.6) is 0 Å². The second-order valence-electron chi connectivity index (χ2n) is 3.18. The number of hydrogen-bond acceptors (Lipinski definition) is 1. The molecule has 0 heterocycles. The summed E-state index contributed by atoms with van der Waals surface area (Å²) in [5, 5.41) is 0. The van der Waals surface area contributed by atoms with Crippen molar-refractivity contribution in [3.8, 4) is 0 Å². The fourth-order valence-electron chi connectivity index (χ4n) is 0.456. The van der Waals surface area contributed by atoms with Gasteiger partial charge in [-0.3, -0.25) is 4.99 Å². The molecule has 2 nitrogen and oxygen atoms in total. The molecule has 0 saturated heterocycles. The Hall–Kier alpha value is -0.530. The van der Waals surface area contributed by atoms with Crippen LogP contribution in [0.1, 0.15) is 20.8 Å². The number of hydrogen-bond donors (Lipinski definition) is 0. The fraction of sp³-hybridized carbons (Fsp3) is 0.875. The molecule has 0 aliphatic carbocycles. The summed E-state index contributed by atoms with van der Waals surface area (Å²) >= 11 is 0. The van der Waals surface area contributed by atoms with E-state index in [1.807, 2.05) is 25.9 Å². The second-order valence-corrected chi connectivity index (χ2v) is 3.18. The van der Waals surface area contributed by atoms with Gasteiger partial charge in [-0.2, -0.15) is 0 Å². The van der Waals surface area contributed by atoms with Crippen molar-refractivity contribution < 1.29 is 0 Å². The molecule has 0 spiro atoms. The van der Waals surface area contributed by atoms with Gasteiger partial charge in [0.2, 0.25) is 0 Å². The van der Waals surface area contributed by atoms with E-state index in [2.05, 4.69) is 18.8 Å². The van der Waals surface area contributed by atoms with Gasteiger partial charge >= 0.3 is 0 Å². The van der Waals surface area contributed by atoms with Crippen molar-refractivity contribution in [1.29, 1.82) is 0 Å². The Kier molecular flexibility index (Phi) is 4.08. The average Bonchev–Trinajstić information content (AvgIpc) is 1.82. The normalized spacial score (nSPS) is 12.4. The van der Waals surface area contributed by atoms with Crippen LogP contribution < -0.4 is 0 Å². The lowest BCUT2D eigenvalue weighted by Crippen LogP contribution is -2.19. The van der Waals surface area contributed by atoms with E-state index in [1.54, 1.807) is 0 Å². The highest BCUT2D eigenvalue weighted by Crippen LogP contribution is 1.93. The van der Waals surface area contributed by atoms with Gasteiger partial charge in [0.15, 0.2) is 0 Å². The molecular formula is C8H18N2. The maximum absolute atomic E-state index is 4.37. The van der Waals surface area contributed by atoms with Gasteiger partial charge in [0.05, 0.1) is 5.84 Å². The zero-order valence-electron chi connectivity index (χ0n) is 7.68. The van der Waals surface area contributed by atoms with Crippen molar-refractivity contribution in [3.05, 3.63) is 0 Å². The lowest BCUT2D eigenvalue weighted by molar-refractivity contribution is 0.597. The zero-order chi connectivity index (χ0) is 8.15. The van der Waals surface area contributed by atoms with Gasteiger partial charge in [-0.15, -0.1) is 0 Å². The molecule has 0 radical (unpaired) electrons. The van der Waals surface area contributed by atoms with Crippen molar-refractivity contribution in [2.45, 2.75) is 20.8 Å². The monoisotopic (exact) mass is 142 g/mol. The lowest BCUT2D eigenvalue weighted by atomic mass is 10.2. The van der Waals surface area contributed by atoms with E-state index in [-0.39, 0.29) is 0 Å². The summed E-state index contributed by atoms with van der Waals surface area (Å²) in [5.74, 6) is 1.77. The standard InChI is InChI=1S/C8H18N2/c1-7(2)6-9-8(3)10(4)5/h7H,6H2,1-5H3. The SMILES string of the molecule is CC(=NCC(C)C)N(C)C. The summed E-state index contributed by atoms with van der Waals surface area (Å²) in [5.41, 5.74) is 0. The van der Waals surface area contributed by atoms with Crippen molar-refractivity contribution in [2.75, 3.05) is 20.6 Å². The number of aliphatic imine (C=N–C) groups is 1. The van der Waals surface area contributed by atoms with E-state index in [1.165, 1.54) is 0 Å². The molecule has 0 atom stereocenters. The summed E-state index contributed by atoms with van der Waals surface area (Å²) in [6.45, 7) is 7.31. The number of nitrogens with zero attached hydrogens (tertiary/aromatic N) is 2. The molecule has 0 saturated carbocycles. The van der Waals surface area contributed by atoms with Gasteiger partial charge in [0.1, 0.15) is 0 Å². The minimum absolute atomic E-state index is 0.662. The molecule has 0 aromatic heterocycles. The van der Waals surface area contributed by atoms with Crippen LogP contribution in [0.4, 0.5) is 0 Å². The third-order valence-corrected chi connectivity index (χ3v) is 1.33. The fourth-order valence-corrected chi connectivity index (χ4v) is 0.456. The highest BCUT2D eigenvalue weighted by molar-refractivity contribution is 5.79. The quantitative estimate of drug-likeness (QED) is 0.422. The molecular weight excluding hydrogens is 124 g/mol. The van der Waals surface area contributed by atoms with E-state index < -0.39 is 0 Å². The summed E-state index contributed by atoms with van der Waals surface area (Å²) in [6.07, 6.45) is 0. The highest BCUT2D eigenvalue weighted by atomic mass is 15.1. The summed E-state index contributed by atoms with van der Waals surface area (Å²) < 4.78 is 0. The molecule has 0 bridgehead atoms. The van der Waals surface area contributed by atoms with Crippen molar-refractivity contribution >= 4 is 5.84 Å². The van der Waals surface area contributed by atoms with Crippen LogP contribution in [0.2, 0.25) is 0 Å². The second kappa shape index (κ2) is 4.31. The highest BCUT2D eigenvalue weighted by Gasteiger charge is 1.93. The largest absolute Gasteiger partial charge is 0.367 e. The van der Waals surface area contributed by atoms with E-state index in [9.17, 15) is 0 Å². The van der Waals surface area contributed by atoms with Gasteiger partial charge < -0.3 is 4.90 Å². The molecule has 0 aliphatic heterocycles. The predicted octanol–water partition coefficient (Wildman–Crippen LogP) is 1.62. The molecule has 0 rings (SSSR count). The van der Waals surface area contributed by atoms with Gasteiger partial charge in [0, 0.05) is 20.6 Å². The van der Waals surface area contributed by atoms with Crippen molar-refractivity contribution in [2.24, 2.45) is 10.9 Å². The van der Waals surface area contributed by atoms with E-state index in [4.69, 9.17) is 0 Å². The third kappa shape index (κ3) is 4.36. The number of rotatable bonds is 2. The van der Waals surface area contributed by atoms with Crippen LogP contribution in [0.25, 0.3) is 0 Å². The molecule has 0 aliphatic rings. The Morgan fingerprint density at radius 3 is 2.20 bits per heavy atom. The Balaban J connectivity index is 3.69. The maximum Gasteiger partial charge on any atom is 0.0952 e. The Bertz CT molecular complexity index is 114. The van der Waals surface area contributed by atoms with Crippen LogP contribution in [-0.2, 0) is 0 Å². The maximum atomic E-state index is 4.37. The van der Waals surface area contributed by atoms with Gasteiger partial charge in [0.25, 0.3) is 0 Å². The Morgan fingerprint density at radius 1 is 1.40 bits per heavy atom. The van der Waals surface area contributed by atoms with Crippen LogP contribution in [0.15, 0.2) is 4.99 Å². The Morgan fingerprint density at radius 2 is 1.90 bits per heavy atom. The summed E-state index contributed by atoms with van der Waals surface area (Å²) in [4.78, 5) is 6.40. The molecule has 10 heavy (non-hydrogen) atoms. The van der Waals surface area contributed by atoms with E-state index in [0.29, 0.717) is 5.92 Å². The molecule has 0 N–H and O–H groups in total. The number of amidine groups is 1. The van der Waals surface area contributed by atoms with E-state index >= 15 is 0 Å². The van der Waals surface area contributed by atoms with Crippen LogP contribution in [-0.4, -0.2) is 31.4 Å². The van der Waals surface area contributed by atoms with Crippen molar-refractivity contribution in [3.63, 3.8) is 0 Å². The molecule has 2 heteroatoms. The van der Waals surface area contributed by atoms with Crippen LogP contribution >= 0.6 is 0 Å². The van der Waals surface area contributed by atoms with Gasteiger partial charge in [-0.05, 0) is 12.8 Å². The van der Waals surface area contributed by atoms with Gasteiger partial charge in [-0.1, -0.05) is 13.8 Å². The molecule has 0 amide bonds. The molecule has 0 fully saturated rings. The van der Waals surface area contributed by atoms with Gasteiger partial charge in [-0.25, -0.2) is 0 Å². The first-order valence-electron chi connectivity index (χ1n) is 3.72. The first kappa shape index (κ1) is 9.47. The van der Waals surface area contributed by atoms with Crippen LogP contribution in [0, 0.1) is 5.92 Å². The molecule has 0 aromatic carbocycles. The van der Waals surface area contributed by atoms with Crippen LogP contribution in [0.3, 0.4) is 0 Å². The molecule has 0 unspecified atom stereocenters. The van der Waals surface area contributed by atoms with Crippen molar-refractivity contribution in [1.82, 2.24) is 4.90 Å². The average molecular weight is 142 g/mol. The lowest BCUT2D eigenvalue weighted by Gasteiger charge is -2.11. The minimum atomic E-state index is 0.662. The predicted molar refractivity (Wildman–Crippen MR) is 46.5 cm³/mol.